The lowest BCUT2D eigenvalue weighted by Gasteiger charge is -2.22. The van der Waals surface area contributed by atoms with Crippen LogP contribution in [-0.4, -0.2) is 42.6 Å². The van der Waals surface area contributed by atoms with Crippen molar-refractivity contribution in [2.75, 3.05) is 30.9 Å². The van der Waals surface area contributed by atoms with Gasteiger partial charge in [0.1, 0.15) is 5.82 Å². The van der Waals surface area contributed by atoms with Crippen molar-refractivity contribution < 1.29 is 4.79 Å². The molecule has 3 rings (SSSR count). The minimum atomic E-state index is -0.0698. The van der Waals surface area contributed by atoms with Gasteiger partial charge in [0.25, 0.3) is 0 Å². The second kappa shape index (κ2) is 7.83. The fourth-order valence-corrected chi connectivity index (χ4v) is 2.95. The molecular formula is C20H24N4O. The zero-order valence-corrected chi connectivity index (χ0v) is 14.7. The molecule has 1 atom stereocenters. The quantitative estimate of drug-likeness (QED) is 0.922. The van der Waals surface area contributed by atoms with Crippen LogP contribution in [0.3, 0.4) is 0 Å². The molecule has 0 saturated carbocycles. The highest BCUT2D eigenvalue weighted by atomic mass is 16.2. The van der Waals surface area contributed by atoms with Crippen molar-refractivity contribution in [3.8, 4) is 0 Å². The molecule has 130 valence electrons. The number of carbonyl (C=O) groups excluding carboxylic acids is 1. The molecule has 1 aliphatic heterocycles. The summed E-state index contributed by atoms with van der Waals surface area (Å²) < 4.78 is 0. The maximum absolute atomic E-state index is 12.6. The van der Waals surface area contributed by atoms with Crippen molar-refractivity contribution in [1.82, 2.24) is 9.88 Å². The number of pyridine rings is 1. The lowest BCUT2D eigenvalue weighted by molar-refractivity contribution is 0.214. The Bertz CT molecular complexity index is 725. The Hall–Kier alpha value is -2.82. The van der Waals surface area contributed by atoms with Crippen molar-refractivity contribution >= 4 is 23.6 Å². The normalized spacial score (nSPS) is 17.0. The van der Waals surface area contributed by atoms with Crippen molar-refractivity contribution in [3.63, 3.8) is 0 Å². The molecule has 1 saturated heterocycles. The van der Waals surface area contributed by atoms with Gasteiger partial charge in [-0.15, -0.1) is 0 Å². The van der Waals surface area contributed by atoms with Gasteiger partial charge >= 0.3 is 6.03 Å². The minimum Gasteiger partial charge on any atom is -0.363 e. The van der Waals surface area contributed by atoms with Crippen LogP contribution >= 0.6 is 0 Å². The summed E-state index contributed by atoms with van der Waals surface area (Å²) in [5.41, 5.74) is 1.87. The van der Waals surface area contributed by atoms with E-state index in [1.54, 1.807) is 6.20 Å². The Morgan fingerprint density at radius 3 is 2.72 bits per heavy atom. The summed E-state index contributed by atoms with van der Waals surface area (Å²) in [4.78, 5) is 20.7. The van der Waals surface area contributed by atoms with E-state index in [1.807, 2.05) is 54.2 Å². The molecule has 0 aliphatic carbocycles. The van der Waals surface area contributed by atoms with Gasteiger partial charge in [-0.25, -0.2) is 9.78 Å². The van der Waals surface area contributed by atoms with E-state index >= 15 is 0 Å². The van der Waals surface area contributed by atoms with Crippen LogP contribution in [0.15, 0.2) is 54.7 Å². The first-order valence-corrected chi connectivity index (χ1v) is 8.58. The highest BCUT2D eigenvalue weighted by Gasteiger charge is 2.26. The predicted molar refractivity (Wildman–Crippen MR) is 103 cm³/mol. The average Bonchev–Trinajstić information content (AvgIpc) is 3.10. The smallest absolute Gasteiger partial charge is 0.322 e. The zero-order chi connectivity index (χ0) is 17.6. The topological polar surface area (TPSA) is 48.5 Å². The molecule has 2 aromatic rings. The fraction of sp³-hybridized carbons (Fsp3) is 0.300. The molecule has 2 amide bonds. The molecule has 1 N–H and O–H groups in total. The summed E-state index contributed by atoms with van der Waals surface area (Å²) in [5.74, 6) is 0.864. The number of urea groups is 1. The number of benzene rings is 1. The summed E-state index contributed by atoms with van der Waals surface area (Å²) in [5, 5.41) is 2.95. The fourth-order valence-electron chi connectivity index (χ4n) is 2.95. The number of carbonyl (C=O) groups is 1. The largest absolute Gasteiger partial charge is 0.363 e. The van der Waals surface area contributed by atoms with E-state index in [9.17, 15) is 4.79 Å². The van der Waals surface area contributed by atoms with Gasteiger partial charge in [0.05, 0.1) is 17.9 Å². The van der Waals surface area contributed by atoms with Gasteiger partial charge in [0.15, 0.2) is 0 Å². The van der Waals surface area contributed by atoms with E-state index in [0.717, 1.165) is 30.8 Å². The highest BCUT2D eigenvalue weighted by molar-refractivity contribution is 5.89. The van der Waals surface area contributed by atoms with E-state index in [-0.39, 0.29) is 12.1 Å². The van der Waals surface area contributed by atoms with Gasteiger partial charge in [-0.1, -0.05) is 42.5 Å². The Balaban J connectivity index is 1.63. The number of nitrogens with one attached hydrogen (secondary N) is 1. The minimum absolute atomic E-state index is 0.0698. The van der Waals surface area contributed by atoms with Crippen LogP contribution in [0.4, 0.5) is 16.3 Å². The van der Waals surface area contributed by atoms with E-state index in [0.29, 0.717) is 5.69 Å². The maximum Gasteiger partial charge on any atom is 0.322 e. The molecule has 0 spiro atoms. The second-order valence-electron chi connectivity index (χ2n) is 6.40. The Labute approximate surface area is 149 Å². The lowest BCUT2D eigenvalue weighted by atomic mass is 10.1. The summed E-state index contributed by atoms with van der Waals surface area (Å²) >= 11 is 0. The molecule has 1 aromatic carbocycles. The van der Waals surface area contributed by atoms with Gasteiger partial charge in [0.2, 0.25) is 0 Å². The van der Waals surface area contributed by atoms with Crippen molar-refractivity contribution in [3.05, 3.63) is 60.3 Å². The summed E-state index contributed by atoms with van der Waals surface area (Å²) in [6.45, 7) is 0.777. The van der Waals surface area contributed by atoms with E-state index in [1.165, 1.54) is 0 Å². The number of hydrogen-bond donors (Lipinski definition) is 1. The van der Waals surface area contributed by atoms with Crippen LogP contribution in [0.1, 0.15) is 18.4 Å². The van der Waals surface area contributed by atoms with Crippen LogP contribution in [0, 0.1) is 0 Å². The van der Waals surface area contributed by atoms with E-state index in [2.05, 4.69) is 34.6 Å². The predicted octanol–water partition coefficient (Wildman–Crippen LogP) is 3.86. The van der Waals surface area contributed by atoms with E-state index in [4.69, 9.17) is 0 Å². The molecule has 2 heterocycles. The number of nitrogens with zero attached hydrogens (tertiary/aromatic N) is 3. The Morgan fingerprint density at radius 1 is 1.24 bits per heavy atom. The van der Waals surface area contributed by atoms with Gasteiger partial charge in [0, 0.05) is 20.6 Å². The number of likely N-dealkylation sites (tertiary alicyclic amines) is 1. The van der Waals surface area contributed by atoms with Crippen molar-refractivity contribution in [1.29, 1.82) is 0 Å². The third-order valence-corrected chi connectivity index (χ3v) is 4.33. The van der Waals surface area contributed by atoms with Crippen molar-refractivity contribution in [2.45, 2.75) is 18.9 Å². The first-order valence-electron chi connectivity index (χ1n) is 8.58. The average molecular weight is 336 g/mol. The van der Waals surface area contributed by atoms with Crippen LogP contribution in [0.5, 0.6) is 0 Å². The number of hydrogen-bond acceptors (Lipinski definition) is 3. The summed E-state index contributed by atoms with van der Waals surface area (Å²) in [7, 11) is 3.88. The van der Waals surface area contributed by atoms with Crippen LogP contribution < -0.4 is 10.2 Å². The Morgan fingerprint density at radius 2 is 2.04 bits per heavy atom. The SMILES string of the molecule is CN(C)c1ccc(NC(=O)N2CCCC2/C=C/c2ccccc2)cn1. The van der Waals surface area contributed by atoms with Crippen LogP contribution in [0.25, 0.3) is 6.08 Å². The molecule has 1 aromatic heterocycles. The summed E-state index contributed by atoms with van der Waals surface area (Å²) in [6, 6.07) is 14.0. The van der Waals surface area contributed by atoms with Gasteiger partial charge in [-0.05, 0) is 30.5 Å². The van der Waals surface area contributed by atoms with Crippen LogP contribution in [-0.2, 0) is 0 Å². The van der Waals surface area contributed by atoms with Gasteiger partial charge in [-0.3, -0.25) is 0 Å². The van der Waals surface area contributed by atoms with Gasteiger partial charge in [-0.2, -0.15) is 0 Å². The molecule has 5 nitrogen and oxygen atoms in total. The third-order valence-electron chi connectivity index (χ3n) is 4.33. The monoisotopic (exact) mass is 336 g/mol. The summed E-state index contributed by atoms with van der Waals surface area (Å²) in [6.07, 6.45) is 7.92. The lowest BCUT2D eigenvalue weighted by Crippen LogP contribution is -2.37. The standard InChI is InChI=1S/C20H24N4O/c1-23(2)19-13-11-17(15-21-19)22-20(25)24-14-6-9-18(24)12-10-16-7-4-3-5-8-16/h3-5,7-8,10-13,15,18H,6,9,14H2,1-2H3,(H,22,25)/b12-10+. The number of anilines is 2. The molecule has 1 aliphatic rings. The molecule has 0 radical (unpaired) electrons. The van der Waals surface area contributed by atoms with Crippen LogP contribution in [0.2, 0.25) is 0 Å². The number of amides is 2. The van der Waals surface area contributed by atoms with Gasteiger partial charge < -0.3 is 15.1 Å². The second-order valence-corrected chi connectivity index (χ2v) is 6.40. The molecule has 25 heavy (non-hydrogen) atoms. The molecular weight excluding hydrogens is 312 g/mol. The number of rotatable bonds is 4. The molecule has 1 unspecified atom stereocenters. The molecule has 0 bridgehead atoms. The maximum atomic E-state index is 12.6. The molecule has 5 heteroatoms. The van der Waals surface area contributed by atoms with E-state index < -0.39 is 0 Å². The number of aromatic nitrogens is 1. The highest BCUT2D eigenvalue weighted by Crippen LogP contribution is 2.21. The first-order chi connectivity index (χ1) is 12.1. The van der Waals surface area contributed by atoms with Crippen molar-refractivity contribution in [2.24, 2.45) is 0 Å². The first kappa shape index (κ1) is 17.0. The third kappa shape index (κ3) is 4.38. The molecule has 1 fully saturated rings. The Kier molecular flexibility index (Phi) is 5.33. The zero-order valence-electron chi connectivity index (χ0n) is 14.7.